The first-order valence-corrected chi connectivity index (χ1v) is 3.75. The van der Waals surface area contributed by atoms with Crippen LogP contribution in [0.2, 0.25) is 0 Å². The molecule has 0 radical (unpaired) electrons. The van der Waals surface area contributed by atoms with Gasteiger partial charge < -0.3 is 0 Å². The molecule has 1 aromatic rings. The summed E-state index contributed by atoms with van der Waals surface area (Å²) in [7, 11) is 0. The standard InChI is InChI=1S/C5H5FN2OS/c1-10-5-7-2-3(6)4(9)8-5/h2H,1H3,(H,7,8,9). The molecule has 0 aliphatic rings. The molecule has 10 heavy (non-hydrogen) atoms. The summed E-state index contributed by atoms with van der Waals surface area (Å²) in [5.41, 5.74) is -0.723. The highest BCUT2D eigenvalue weighted by atomic mass is 32.2. The van der Waals surface area contributed by atoms with Crippen molar-refractivity contribution in [3.63, 3.8) is 0 Å². The van der Waals surface area contributed by atoms with Gasteiger partial charge >= 0.3 is 0 Å². The maximum atomic E-state index is 12.2. The van der Waals surface area contributed by atoms with Crippen molar-refractivity contribution in [3.05, 3.63) is 22.4 Å². The number of hydrogen-bond donors (Lipinski definition) is 1. The number of H-pyrrole nitrogens is 1. The highest BCUT2D eigenvalue weighted by Crippen LogP contribution is 2.02. The molecule has 0 bridgehead atoms. The van der Waals surface area contributed by atoms with Gasteiger partial charge in [0.1, 0.15) is 0 Å². The quantitative estimate of drug-likeness (QED) is 0.484. The van der Waals surface area contributed by atoms with Gasteiger partial charge in [0.2, 0.25) is 5.82 Å². The minimum Gasteiger partial charge on any atom is -0.299 e. The largest absolute Gasteiger partial charge is 0.299 e. The van der Waals surface area contributed by atoms with Crippen LogP contribution in [0.15, 0.2) is 16.1 Å². The van der Waals surface area contributed by atoms with E-state index in [1.165, 1.54) is 11.8 Å². The molecule has 0 aliphatic carbocycles. The minimum atomic E-state index is -0.849. The van der Waals surface area contributed by atoms with Crippen LogP contribution in [0.1, 0.15) is 0 Å². The monoisotopic (exact) mass is 160 g/mol. The zero-order chi connectivity index (χ0) is 7.56. The lowest BCUT2D eigenvalue weighted by Crippen LogP contribution is -2.11. The summed E-state index contributed by atoms with van der Waals surface area (Å²) < 4.78 is 12.2. The number of halogens is 1. The maximum Gasteiger partial charge on any atom is 0.287 e. The van der Waals surface area contributed by atoms with Crippen molar-refractivity contribution < 1.29 is 4.39 Å². The van der Waals surface area contributed by atoms with E-state index in [1.54, 1.807) is 6.26 Å². The predicted molar refractivity (Wildman–Crippen MR) is 36.6 cm³/mol. The highest BCUT2D eigenvalue weighted by molar-refractivity contribution is 7.98. The van der Waals surface area contributed by atoms with Crippen LogP contribution in [0.4, 0.5) is 4.39 Å². The fraction of sp³-hybridized carbons (Fsp3) is 0.200. The van der Waals surface area contributed by atoms with E-state index in [2.05, 4.69) is 9.97 Å². The SMILES string of the molecule is CSc1ncc(F)c(=O)[nH]1. The summed E-state index contributed by atoms with van der Waals surface area (Å²) in [5, 5.41) is 0.423. The third kappa shape index (κ3) is 1.36. The molecule has 1 aromatic heterocycles. The molecule has 0 fully saturated rings. The van der Waals surface area contributed by atoms with E-state index < -0.39 is 11.4 Å². The summed E-state index contributed by atoms with van der Waals surface area (Å²) in [6, 6.07) is 0. The third-order valence-electron chi connectivity index (χ3n) is 0.926. The van der Waals surface area contributed by atoms with E-state index in [0.717, 1.165) is 6.20 Å². The van der Waals surface area contributed by atoms with Crippen LogP contribution >= 0.6 is 11.8 Å². The molecule has 3 nitrogen and oxygen atoms in total. The molecular weight excluding hydrogens is 155 g/mol. The second kappa shape index (κ2) is 2.83. The van der Waals surface area contributed by atoms with Gasteiger partial charge in [-0.15, -0.1) is 0 Å². The van der Waals surface area contributed by atoms with Crippen LogP contribution in [0.25, 0.3) is 0 Å². The number of thioether (sulfide) groups is 1. The first-order valence-electron chi connectivity index (χ1n) is 2.53. The van der Waals surface area contributed by atoms with Crippen molar-refractivity contribution in [1.82, 2.24) is 9.97 Å². The fourth-order valence-corrected chi connectivity index (χ4v) is 0.820. The number of rotatable bonds is 1. The third-order valence-corrected chi connectivity index (χ3v) is 1.52. The normalized spacial score (nSPS) is 9.80. The van der Waals surface area contributed by atoms with Crippen LogP contribution in [0.3, 0.4) is 0 Å². The average molecular weight is 160 g/mol. The minimum absolute atomic E-state index is 0.423. The molecule has 0 aliphatic heterocycles. The first kappa shape index (κ1) is 7.27. The molecule has 1 N–H and O–H groups in total. The van der Waals surface area contributed by atoms with Crippen molar-refractivity contribution in [2.75, 3.05) is 6.26 Å². The van der Waals surface area contributed by atoms with E-state index in [1.807, 2.05) is 0 Å². The predicted octanol–water partition coefficient (Wildman–Crippen LogP) is 0.631. The molecule has 1 rings (SSSR count). The Kier molecular flexibility index (Phi) is 2.06. The van der Waals surface area contributed by atoms with Crippen molar-refractivity contribution in [2.24, 2.45) is 0 Å². The number of hydrogen-bond acceptors (Lipinski definition) is 3. The molecule has 0 amide bonds. The van der Waals surface area contributed by atoms with Gasteiger partial charge in [-0.1, -0.05) is 11.8 Å². The van der Waals surface area contributed by atoms with E-state index in [9.17, 15) is 9.18 Å². The van der Waals surface area contributed by atoms with Crippen molar-refractivity contribution >= 4 is 11.8 Å². The zero-order valence-corrected chi connectivity index (χ0v) is 6.04. The Morgan fingerprint density at radius 1 is 1.80 bits per heavy atom. The summed E-state index contributed by atoms with van der Waals surface area (Å²) in [6.07, 6.45) is 2.65. The Balaban J connectivity index is 3.17. The number of nitrogens with zero attached hydrogens (tertiary/aromatic N) is 1. The van der Waals surface area contributed by atoms with E-state index in [0.29, 0.717) is 5.16 Å². The Hall–Kier alpha value is -0.840. The van der Waals surface area contributed by atoms with Gasteiger partial charge in [-0.05, 0) is 6.26 Å². The first-order chi connectivity index (χ1) is 4.74. The lowest BCUT2D eigenvalue weighted by Gasteiger charge is -1.91. The Morgan fingerprint density at radius 3 is 3.00 bits per heavy atom. The van der Waals surface area contributed by atoms with Gasteiger partial charge in [0.25, 0.3) is 5.56 Å². The van der Waals surface area contributed by atoms with E-state index in [-0.39, 0.29) is 0 Å². The number of nitrogens with one attached hydrogen (secondary N) is 1. The van der Waals surface area contributed by atoms with Gasteiger partial charge in [-0.3, -0.25) is 9.78 Å². The fourth-order valence-electron chi connectivity index (χ4n) is 0.467. The van der Waals surface area contributed by atoms with Crippen molar-refractivity contribution in [2.45, 2.75) is 5.16 Å². The summed E-state index contributed by atoms with van der Waals surface area (Å²) in [4.78, 5) is 16.4. The summed E-state index contributed by atoms with van der Waals surface area (Å²) in [5.74, 6) is -0.849. The summed E-state index contributed by atoms with van der Waals surface area (Å²) in [6.45, 7) is 0. The van der Waals surface area contributed by atoms with Gasteiger partial charge in [0.15, 0.2) is 5.16 Å². The molecule has 0 unspecified atom stereocenters. The van der Waals surface area contributed by atoms with Crippen LogP contribution in [-0.4, -0.2) is 16.2 Å². The second-order valence-corrected chi connectivity index (χ2v) is 2.36. The van der Waals surface area contributed by atoms with Gasteiger partial charge in [0.05, 0.1) is 6.20 Å². The molecule has 0 saturated carbocycles. The summed E-state index contributed by atoms with van der Waals surface area (Å²) >= 11 is 1.26. The number of aromatic nitrogens is 2. The molecule has 1 heterocycles. The van der Waals surface area contributed by atoms with Crippen molar-refractivity contribution in [3.8, 4) is 0 Å². The molecule has 54 valence electrons. The van der Waals surface area contributed by atoms with Gasteiger partial charge in [-0.2, -0.15) is 4.39 Å². The van der Waals surface area contributed by atoms with Crippen molar-refractivity contribution in [1.29, 1.82) is 0 Å². The molecule has 0 aromatic carbocycles. The topological polar surface area (TPSA) is 45.8 Å². The van der Waals surface area contributed by atoms with E-state index in [4.69, 9.17) is 0 Å². The lowest BCUT2D eigenvalue weighted by molar-refractivity contribution is 0.591. The Bertz CT molecular complexity index is 285. The number of aromatic amines is 1. The molecule has 0 spiro atoms. The van der Waals surface area contributed by atoms with Crippen LogP contribution < -0.4 is 5.56 Å². The lowest BCUT2D eigenvalue weighted by atomic mass is 10.6. The second-order valence-electron chi connectivity index (χ2n) is 1.57. The van der Waals surface area contributed by atoms with Crippen LogP contribution in [0.5, 0.6) is 0 Å². The molecular formula is C5H5FN2OS. The maximum absolute atomic E-state index is 12.2. The molecule has 0 atom stereocenters. The molecule has 0 saturated heterocycles. The highest BCUT2D eigenvalue weighted by Gasteiger charge is 1.97. The average Bonchev–Trinajstić information content (AvgIpc) is 1.95. The smallest absolute Gasteiger partial charge is 0.287 e. The Labute approximate surface area is 60.7 Å². The van der Waals surface area contributed by atoms with Crippen LogP contribution in [0, 0.1) is 5.82 Å². The molecule has 5 heteroatoms. The van der Waals surface area contributed by atoms with Crippen LogP contribution in [-0.2, 0) is 0 Å². The van der Waals surface area contributed by atoms with Gasteiger partial charge in [-0.25, -0.2) is 4.98 Å². The zero-order valence-electron chi connectivity index (χ0n) is 5.22. The van der Waals surface area contributed by atoms with E-state index >= 15 is 0 Å². The Morgan fingerprint density at radius 2 is 2.50 bits per heavy atom. The van der Waals surface area contributed by atoms with Gasteiger partial charge in [0, 0.05) is 0 Å².